The first-order valence-electron chi connectivity index (χ1n) is 7.07. The lowest BCUT2D eigenvalue weighted by atomic mass is 9.97. The summed E-state index contributed by atoms with van der Waals surface area (Å²) >= 11 is 0. The SMILES string of the molecule is CCN(CC(F)(F)F)C1CCC(NC2CC2)(C(=O)O)C1. The largest absolute Gasteiger partial charge is 0.480 e. The number of hydrogen-bond acceptors (Lipinski definition) is 3. The lowest BCUT2D eigenvalue weighted by Crippen LogP contribution is -2.52. The number of hydrogen-bond donors (Lipinski definition) is 2. The third kappa shape index (κ3) is 3.63. The molecular weight excluding hydrogens is 273 g/mol. The summed E-state index contributed by atoms with van der Waals surface area (Å²) in [5.74, 6) is -0.935. The first kappa shape index (κ1) is 15.6. The van der Waals surface area contributed by atoms with Gasteiger partial charge in [0.2, 0.25) is 0 Å². The van der Waals surface area contributed by atoms with E-state index in [4.69, 9.17) is 0 Å². The van der Waals surface area contributed by atoms with Crippen molar-refractivity contribution in [2.24, 2.45) is 0 Å². The predicted molar refractivity (Wildman–Crippen MR) is 67.5 cm³/mol. The highest BCUT2D eigenvalue weighted by Gasteiger charge is 2.50. The molecule has 20 heavy (non-hydrogen) atoms. The summed E-state index contributed by atoms with van der Waals surface area (Å²) in [4.78, 5) is 12.9. The van der Waals surface area contributed by atoms with Crippen LogP contribution in [0.5, 0.6) is 0 Å². The fourth-order valence-electron chi connectivity index (χ4n) is 3.07. The zero-order valence-corrected chi connectivity index (χ0v) is 11.5. The van der Waals surface area contributed by atoms with Gasteiger partial charge in [-0.1, -0.05) is 6.92 Å². The third-order valence-electron chi connectivity index (χ3n) is 4.26. The van der Waals surface area contributed by atoms with E-state index in [1.54, 1.807) is 6.92 Å². The maximum Gasteiger partial charge on any atom is 0.401 e. The van der Waals surface area contributed by atoms with Gasteiger partial charge in [0.15, 0.2) is 0 Å². The van der Waals surface area contributed by atoms with Crippen molar-refractivity contribution in [2.75, 3.05) is 13.1 Å². The Morgan fingerprint density at radius 2 is 2.05 bits per heavy atom. The second kappa shape index (κ2) is 5.52. The standard InChI is InChI=1S/C13H21F3N2O2/c1-2-18(8-13(14,15)16)10-5-6-12(7-10,11(19)20)17-9-3-4-9/h9-10,17H,2-8H2,1H3,(H,19,20). The minimum absolute atomic E-state index is 0.225. The van der Waals surface area contributed by atoms with Crippen molar-refractivity contribution in [3.63, 3.8) is 0 Å². The molecule has 2 fully saturated rings. The van der Waals surface area contributed by atoms with Crippen LogP contribution in [0.4, 0.5) is 13.2 Å². The lowest BCUT2D eigenvalue weighted by molar-refractivity contribution is -0.151. The molecule has 0 amide bonds. The van der Waals surface area contributed by atoms with Crippen LogP contribution in [0.3, 0.4) is 0 Å². The number of alkyl halides is 3. The van der Waals surface area contributed by atoms with Crippen LogP contribution in [-0.2, 0) is 4.79 Å². The number of aliphatic carboxylic acids is 1. The maximum absolute atomic E-state index is 12.5. The van der Waals surface area contributed by atoms with E-state index in [-0.39, 0.29) is 25.0 Å². The van der Waals surface area contributed by atoms with Gasteiger partial charge in [0.1, 0.15) is 5.54 Å². The van der Waals surface area contributed by atoms with Crippen molar-refractivity contribution in [2.45, 2.75) is 62.8 Å². The van der Waals surface area contributed by atoms with Crippen LogP contribution in [0, 0.1) is 0 Å². The second-order valence-corrected chi connectivity index (χ2v) is 5.88. The van der Waals surface area contributed by atoms with Gasteiger partial charge in [0, 0.05) is 12.1 Å². The number of rotatable bonds is 6. The van der Waals surface area contributed by atoms with Crippen LogP contribution >= 0.6 is 0 Å². The van der Waals surface area contributed by atoms with E-state index in [1.807, 2.05) is 0 Å². The van der Waals surface area contributed by atoms with Gasteiger partial charge in [-0.05, 0) is 38.6 Å². The summed E-state index contributed by atoms with van der Waals surface area (Å²) in [5, 5.41) is 12.6. The Morgan fingerprint density at radius 1 is 1.40 bits per heavy atom. The van der Waals surface area contributed by atoms with Crippen molar-refractivity contribution < 1.29 is 23.1 Å². The molecule has 2 aliphatic carbocycles. The summed E-state index contributed by atoms with van der Waals surface area (Å²) in [6.07, 6.45) is -1.18. The van der Waals surface area contributed by atoms with Gasteiger partial charge >= 0.3 is 12.1 Å². The van der Waals surface area contributed by atoms with E-state index >= 15 is 0 Å². The minimum atomic E-state index is -4.24. The smallest absolute Gasteiger partial charge is 0.401 e. The average molecular weight is 294 g/mol. The Labute approximate surface area is 116 Å². The van der Waals surface area contributed by atoms with Crippen LogP contribution in [0.2, 0.25) is 0 Å². The average Bonchev–Trinajstić information content (AvgIpc) is 3.02. The molecule has 116 valence electrons. The summed E-state index contributed by atoms with van der Waals surface area (Å²) in [7, 11) is 0. The molecule has 2 atom stereocenters. The molecule has 0 saturated heterocycles. The summed E-state index contributed by atoms with van der Waals surface area (Å²) < 4.78 is 37.6. The number of nitrogens with zero attached hydrogens (tertiary/aromatic N) is 1. The molecular formula is C13H21F3N2O2. The van der Waals surface area contributed by atoms with Gasteiger partial charge in [-0.25, -0.2) is 0 Å². The van der Waals surface area contributed by atoms with Crippen LogP contribution in [0.1, 0.15) is 39.0 Å². The number of carboxylic acids is 1. The van der Waals surface area contributed by atoms with Gasteiger partial charge in [0.05, 0.1) is 6.54 Å². The number of halogens is 3. The molecule has 0 bridgehead atoms. The molecule has 0 radical (unpaired) electrons. The van der Waals surface area contributed by atoms with Crippen LogP contribution < -0.4 is 5.32 Å². The number of carbonyl (C=O) groups is 1. The molecule has 7 heteroatoms. The molecule has 0 heterocycles. The van der Waals surface area contributed by atoms with Crippen molar-refractivity contribution in [1.82, 2.24) is 10.2 Å². The van der Waals surface area contributed by atoms with Crippen LogP contribution in [0.15, 0.2) is 0 Å². The molecule has 0 aromatic rings. The van der Waals surface area contributed by atoms with E-state index in [9.17, 15) is 23.1 Å². The first-order chi connectivity index (χ1) is 9.26. The van der Waals surface area contributed by atoms with Crippen LogP contribution in [-0.4, -0.2) is 52.9 Å². The Bertz CT molecular complexity index is 371. The monoisotopic (exact) mass is 294 g/mol. The van der Waals surface area contributed by atoms with Gasteiger partial charge in [-0.15, -0.1) is 0 Å². The van der Waals surface area contributed by atoms with Gasteiger partial charge < -0.3 is 5.11 Å². The molecule has 2 aliphatic rings. The van der Waals surface area contributed by atoms with Gasteiger partial charge in [0.25, 0.3) is 0 Å². The van der Waals surface area contributed by atoms with Crippen LogP contribution in [0.25, 0.3) is 0 Å². The normalized spacial score (nSPS) is 30.9. The Kier molecular flexibility index (Phi) is 4.30. The molecule has 0 spiro atoms. The molecule has 0 aliphatic heterocycles. The molecule has 2 rings (SSSR count). The third-order valence-corrected chi connectivity index (χ3v) is 4.26. The predicted octanol–water partition coefficient (Wildman–Crippen LogP) is 2.00. The van der Waals surface area contributed by atoms with Crippen molar-refractivity contribution in [3.8, 4) is 0 Å². The highest BCUT2D eigenvalue weighted by Crippen LogP contribution is 2.37. The molecule has 4 nitrogen and oxygen atoms in total. The zero-order valence-electron chi connectivity index (χ0n) is 11.5. The molecule has 2 N–H and O–H groups in total. The number of nitrogens with one attached hydrogen (secondary N) is 1. The second-order valence-electron chi connectivity index (χ2n) is 5.88. The Balaban J connectivity index is 2.02. The summed E-state index contributed by atoms with van der Waals surface area (Å²) in [6, 6.07) is -0.0912. The fraction of sp³-hybridized carbons (Fsp3) is 0.923. The van der Waals surface area contributed by atoms with E-state index in [0.29, 0.717) is 12.8 Å². The molecule has 0 aromatic heterocycles. The molecule has 2 unspecified atom stereocenters. The topological polar surface area (TPSA) is 52.6 Å². The minimum Gasteiger partial charge on any atom is -0.480 e. The van der Waals surface area contributed by atoms with Crippen molar-refractivity contribution in [1.29, 1.82) is 0 Å². The van der Waals surface area contributed by atoms with E-state index in [1.165, 1.54) is 4.90 Å². The quantitative estimate of drug-likeness (QED) is 0.787. The summed E-state index contributed by atoms with van der Waals surface area (Å²) in [5.41, 5.74) is -1.04. The first-order valence-corrected chi connectivity index (χ1v) is 7.07. The van der Waals surface area contributed by atoms with E-state index < -0.39 is 24.2 Å². The number of carboxylic acid groups (broad SMARTS) is 1. The molecule has 2 saturated carbocycles. The van der Waals surface area contributed by atoms with Crippen molar-refractivity contribution in [3.05, 3.63) is 0 Å². The molecule has 0 aromatic carbocycles. The highest BCUT2D eigenvalue weighted by molar-refractivity contribution is 5.79. The van der Waals surface area contributed by atoms with Gasteiger partial charge in [-0.3, -0.25) is 15.0 Å². The van der Waals surface area contributed by atoms with E-state index in [0.717, 1.165) is 12.8 Å². The van der Waals surface area contributed by atoms with E-state index in [2.05, 4.69) is 5.32 Å². The highest BCUT2D eigenvalue weighted by atomic mass is 19.4. The van der Waals surface area contributed by atoms with Crippen molar-refractivity contribution >= 4 is 5.97 Å². The van der Waals surface area contributed by atoms with Gasteiger partial charge in [-0.2, -0.15) is 13.2 Å². The fourth-order valence-corrected chi connectivity index (χ4v) is 3.07. The Morgan fingerprint density at radius 3 is 2.50 bits per heavy atom. The lowest BCUT2D eigenvalue weighted by Gasteiger charge is -2.31. The Hall–Kier alpha value is -0.820. The zero-order chi connectivity index (χ0) is 15.0. The maximum atomic E-state index is 12.5. The summed E-state index contributed by atoms with van der Waals surface area (Å²) in [6.45, 7) is 0.997.